The van der Waals surface area contributed by atoms with Crippen LogP contribution in [0.15, 0.2) is 16.8 Å². The molecule has 3 N–H and O–H groups in total. The van der Waals surface area contributed by atoms with Gasteiger partial charge in [0.15, 0.2) is 0 Å². The lowest BCUT2D eigenvalue weighted by atomic mass is 10.2. The molecule has 0 fully saturated rings. The first-order valence-electron chi connectivity index (χ1n) is 7.03. The van der Waals surface area contributed by atoms with E-state index in [1.54, 1.807) is 11.3 Å². The zero-order valence-corrected chi connectivity index (χ0v) is 13.7. The van der Waals surface area contributed by atoms with E-state index in [0.717, 1.165) is 28.6 Å². The minimum Gasteiger partial charge on any atom is -0.387 e. The minimum atomic E-state index is -0.536. The molecule has 0 aliphatic heterocycles. The highest BCUT2D eigenvalue weighted by atomic mass is 32.1. The first kappa shape index (κ1) is 15.7. The number of nitrogens with one attached hydrogen (secondary N) is 2. The standard InChI is InChI=1S/C15H22N4OS/c1-9(2)13-18-14(16-4)10(3)15(19-13)17-7-12(20)11-5-6-21-8-11/h5-6,8-9,12,20H,7H2,1-4H3,(H2,16,17,18,19). The molecule has 0 amide bonds. The molecule has 0 spiro atoms. The molecule has 2 heterocycles. The van der Waals surface area contributed by atoms with Gasteiger partial charge in [-0.1, -0.05) is 13.8 Å². The molecular weight excluding hydrogens is 284 g/mol. The van der Waals surface area contributed by atoms with Crippen LogP contribution < -0.4 is 10.6 Å². The molecule has 0 saturated heterocycles. The van der Waals surface area contributed by atoms with Crippen LogP contribution in [-0.4, -0.2) is 28.7 Å². The van der Waals surface area contributed by atoms with E-state index in [0.29, 0.717) is 6.54 Å². The Morgan fingerprint density at radius 3 is 2.57 bits per heavy atom. The van der Waals surface area contributed by atoms with Gasteiger partial charge < -0.3 is 15.7 Å². The molecule has 2 aromatic heterocycles. The van der Waals surface area contributed by atoms with Gasteiger partial charge in [0.05, 0.1) is 6.10 Å². The number of hydrogen-bond acceptors (Lipinski definition) is 6. The Labute approximate surface area is 129 Å². The summed E-state index contributed by atoms with van der Waals surface area (Å²) in [6.45, 7) is 6.52. The van der Waals surface area contributed by atoms with Crippen LogP contribution in [-0.2, 0) is 0 Å². The Kier molecular flexibility index (Phi) is 5.14. The maximum Gasteiger partial charge on any atom is 0.135 e. The second kappa shape index (κ2) is 6.87. The summed E-state index contributed by atoms with van der Waals surface area (Å²) >= 11 is 1.58. The Morgan fingerprint density at radius 1 is 1.29 bits per heavy atom. The first-order chi connectivity index (χ1) is 10.0. The van der Waals surface area contributed by atoms with Crippen molar-refractivity contribution in [1.29, 1.82) is 0 Å². The van der Waals surface area contributed by atoms with E-state index in [1.165, 1.54) is 0 Å². The lowest BCUT2D eigenvalue weighted by Crippen LogP contribution is -2.15. The van der Waals surface area contributed by atoms with E-state index >= 15 is 0 Å². The summed E-state index contributed by atoms with van der Waals surface area (Å²) in [6, 6.07) is 1.93. The van der Waals surface area contributed by atoms with Crippen molar-refractivity contribution in [3.8, 4) is 0 Å². The van der Waals surface area contributed by atoms with E-state index in [4.69, 9.17) is 0 Å². The Morgan fingerprint density at radius 2 is 2.00 bits per heavy atom. The molecule has 0 aliphatic rings. The molecule has 0 saturated carbocycles. The molecule has 6 heteroatoms. The zero-order chi connectivity index (χ0) is 15.4. The molecule has 0 radical (unpaired) electrons. The number of aromatic nitrogens is 2. The second-order valence-corrected chi connectivity index (χ2v) is 6.04. The predicted octanol–water partition coefficient (Wildman–Crippen LogP) is 3.16. The summed E-state index contributed by atoms with van der Waals surface area (Å²) in [4.78, 5) is 9.07. The number of aliphatic hydroxyl groups is 1. The topological polar surface area (TPSA) is 70.1 Å². The van der Waals surface area contributed by atoms with E-state index in [9.17, 15) is 5.11 Å². The third kappa shape index (κ3) is 3.71. The van der Waals surface area contributed by atoms with Crippen LogP contribution in [0.25, 0.3) is 0 Å². The van der Waals surface area contributed by atoms with Crippen molar-refractivity contribution in [2.45, 2.75) is 32.8 Å². The van der Waals surface area contributed by atoms with E-state index in [-0.39, 0.29) is 5.92 Å². The Bertz CT molecular complexity index is 584. The van der Waals surface area contributed by atoms with Gasteiger partial charge in [0.1, 0.15) is 17.5 Å². The van der Waals surface area contributed by atoms with Gasteiger partial charge in [-0.15, -0.1) is 0 Å². The number of anilines is 2. The summed E-state index contributed by atoms with van der Waals surface area (Å²) in [6.07, 6.45) is -0.536. The Balaban J connectivity index is 2.17. The lowest BCUT2D eigenvalue weighted by Gasteiger charge is -2.16. The van der Waals surface area contributed by atoms with Crippen LogP contribution >= 0.6 is 11.3 Å². The van der Waals surface area contributed by atoms with Crippen LogP contribution in [0.4, 0.5) is 11.6 Å². The van der Waals surface area contributed by atoms with Crippen molar-refractivity contribution in [2.24, 2.45) is 0 Å². The SMILES string of the molecule is CNc1nc(C(C)C)nc(NCC(O)c2ccsc2)c1C. The highest BCUT2D eigenvalue weighted by Gasteiger charge is 2.14. The third-order valence-electron chi connectivity index (χ3n) is 3.31. The Hall–Kier alpha value is -1.66. The van der Waals surface area contributed by atoms with Crippen molar-refractivity contribution < 1.29 is 5.11 Å². The van der Waals surface area contributed by atoms with Gasteiger partial charge in [0.25, 0.3) is 0 Å². The predicted molar refractivity (Wildman–Crippen MR) is 88.2 cm³/mol. The van der Waals surface area contributed by atoms with Gasteiger partial charge in [-0.05, 0) is 29.3 Å². The van der Waals surface area contributed by atoms with Gasteiger partial charge in [-0.3, -0.25) is 0 Å². The molecule has 21 heavy (non-hydrogen) atoms. The van der Waals surface area contributed by atoms with Crippen molar-refractivity contribution in [3.63, 3.8) is 0 Å². The van der Waals surface area contributed by atoms with E-state index in [1.807, 2.05) is 30.8 Å². The molecule has 1 atom stereocenters. The number of nitrogens with zero attached hydrogens (tertiary/aromatic N) is 2. The molecule has 0 aliphatic carbocycles. The second-order valence-electron chi connectivity index (χ2n) is 5.26. The summed E-state index contributed by atoms with van der Waals surface area (Å²) < 4.78 is 0. The van der Waals surface area contributed by atoms with Crippen LogP contribution in [0.3, 0.4) is 0 Å². The molecular formula is C15H22N4OS. The summed E-state index contributed by atoms with van der Waals surface area (Å²) in [5, 5.41) is 20.4. The lowest BCUT2D eigenvalue weighted by molar-refractivity contribution is 0.192. The normalized spacial score (nSPS) is 12.5. The number of aliphatic hydroxyl groups excluding tert-OH is 1. The van der Waals surface area contributed by atoms with Crippen LogP contribution in [0, 0.1) is 6.92 Å². The summed E-state index contributed by atoms with van der Waals surface area (Å²) in [5.41, 5.74) is 1.89. The molecule has 2 rings (SSSR count). The molecule has 0 aromatic carbocycles. The maximum absolute atomic E-state index is 10.2. The van der Waals surface area contributed by atoms with Gasteiger partial charge in [0, 0.05) is 25.1 Å². The van der Waals surface area contributed by atoms with Gasteiger partial charge in [-0.2, -0.15) is 11.3 Å². The summed E-state index contributed by atoms with van der Waals surface area (Å²) in [5.74, 6) is 2.63. The zero-order valence-electron chi connectivity index (χ0n) is 12.8. The van der Waals surface area contributed by atoms with Gasteiger partial charge in [-0.25, -0.2) is 9.97 Å². The molecule has 5 nitrogen and oxygen atoms in total. The van der Waals surface area contributed by atoms with Crippen molar-refractivity contribution >= 4 is 23.0 Å². The maximum atomic E-state index is 10.2. The fourth-order valence-electron chi connectivity index (χ4n) is 1.98. The molecule has 1 unspecified atom stereocenters. The minimum absolute atomic E-state index is 0.250. The van der Waals surface area contributed by atoms with Crippen molar-refractivity contribution in [1.82, 2.24) is 9.97 Å². The van der Waals surface area contributed by atoms with E-state index < -0.39 is 6.10 Å². The first-order valence-corrected chi connectivity index (χ1v) is 7.97. The van der Waals surface area contributed by atoms with Crippen LogP contribution in [0.2, 0.25) is 0 Å². The van der Waals surface area contributed by atoms with Crippen LogP contribution in [0.5, 0.6) is 0 Å². The smallest absolute Gasteiger partial charge is 0.135 e. The fourth-order valence-corrected chi connectivity index (χ4v) is 2.69. The number of hydrogen-bond donors (Lipinski definition) is 3. The molecule has 114 valence electrons. The molecule has 0 bridgehead atoms. The average molecular weight is 306 g/mol. The summed E-state index contributed by atoms with van der Waals surface area (Å²) in [7, 11) is 1.85. The van der Waals surface area contributed by atoms with Crippen molar-refractivity contribution in [2.75, 3.05) is 24.2 Å². The monoisotopic (exact) mass is 306 g/mol. The van der Waals surface area contributed by atoms with Gasteiger partial charge in [0.2, 0.25) is 0 Å². The average Bonchev–Trinajstić information content (AvgIpc) is 2.99. The molecule has 2 aromatic rings. The number of rotatable bonds is 6. The highest BCUT2D eigenvalue weighted by molar-refractivity contribution is 7.07. The largest absolute Gasteiger partial charge is 0.387 e. The highest BCUT2D eigenvalue weighted by Crippen LogP contribution is 2.24. The van der Waals surface area contributed by atoms with Crippen molar-refractivity contribution in [3.05, 3.63) is 33.8 Å². The van der Waals surface area contributed by atoms with E-state index in [2.05, 4.69) is 34.4 Å². The van der Waals surface area contributed by atoms with Gasteiger partial charge >= 0.3 is 0 Å². The third-order valence-corrected chi connectivity index (χ3v) is 4.01. The fraction of sp³-hybridized carbons (Fsp3) is 0.467. The van der Waals surface area contributed by atoms with Crippen LogP contribution in [0.1, 0.15) is 42.8 Å². The quantitative estimate of drug-likeness (QED) is 0.765. The number of thiophene rings is 1.